The molecule has 0 bridgehead atoms. The maximum atomic E-state index is 12.5. The van der Waals surface area contributed by atoms with E-state index >= 15 is 0 Å². The zero-order valence-electron chi connectivity index (χ0n) is 11.9. The van der Waals surface area contributed by atoms with Gasteiger partial charge in [-0.2, -0.15) is 28.4 Å². The monoisotopic (exact) mass is 318 g/mol. The predicted molar refractivity (Wildman–Crippen MR) is 81.0 cm³/mol. The molecule has 1 aliphatic heterocycles. The number of hydrogen-bond donors (Lipinski definition) is 1. The van der Waals surface area contributed by atoms with Gasteiger partial charge in [0.15, 0.2) is 0 Å². The molecule has 2 atom stereocenters. The minimum Gasteiger partial charge on any atom is -0.396 e. The highest BCUT2D eigenvalue weighted by Gasteiger charge is 2.40. The van der Waals surface area contributed by atoms with Crippen molar-refractivity contribution in [1.29, 1.82) is 0 Å². The quantitative estimate of drug-likeness (QED) is 0.861. The Morgan fingerprint density at radius 2 is 2.10 bits per heavy atom. The summed E-state index contributed by atoms with van der Waals surface area (Å²) in [5.74, 6) is 0.0755. The average Bonchev–Trinajstić information content (AvgIpc) is 3.08. The summed E-state index contributed by atoms with van der Waals surface area (Å²) < 4.78 is 28.1. The molecule has 2 heterocycles. The highest BCUT2D eigenvalue weighted by atomic mass is 32.2. The van der Waals surface area contributed by atoms with Crippen LogP contribution < -0.4 is 0 Å². The van der Waals surface area contributed by atoms with Crippen LogP contribution in [0.15, 0.2) is 16.8 Å². The third-order valence-corrected chi connectivity index (χ3v) is 6.79. The topological polar surface area (TPSA) is 60.9 Å². The molecule has 0 spiro atoms. The van der Waals surface area contributed by atoms with Crippen molar-refractivity contribution in [2.45, 2.75) is 19.8 Å². The molecule has 1 aromatic heterocycles. The molecule has 1 fully saturated rings. The molecular formula is C13H22N2O3S2. The predicted octanol–water partition coefficient (Wildman–Crippen LogP) is 1.34. The zero-order chi connectivity index (χ0) is 14.8. The second-order valence-corrected chi connectivity index (χ2v) is 7.72. The Labute approximate surface area is 125 Å². The fourth-order valence-corrected chi connectivity index (χ4v) is 5.21. The summed E-state index contributed by atoms with van der Waals surface area (Å²) in [5, 5.41) is 13.6. The first-order chi connectivity index (χ1) is 9.54. The van der Waals surface area contributed by atoms with Crippen molar-refractivity contribution in [2.24, 2.45) is 5.92 Å². The van der Waals surface area contributed by atoms with Crippen molar-refractivity contribution >= 4 is 21.5 Å². The van der Waals surface area contributed by atoms with E-state index in [1.54, 1.807) is 11.3 Å². The van der Waals surface area contributed by atoms with Crippen molar-refractivity contribution in [3.8, 4) is 0 Å². The largest absolute Gasteiger partial charge is 0.396 e. The number of aliphatic hydroxyl groups is 1. The molecule has 2 rings (SSSR count). The summed E-state index contributed by atoms with van der Waals surface area (Å²) in [6.45, 7) is 5.51. The Balaban J connectivity index is 2.20. The Bertz CT molecular complexity index is 512. The van der Waals surface area contributed by atoms with E-state index in [-0.39, 0.29) is 18.4 Å². The standard InChI is InChI=1S/C13H22N2O3S2/c1-3-14(4-2)20(17,18)15-7-12(9-16)13(8-15)11-5-6-19-10-11/h5-6,10,12-13,16H,3-4,7-9H2,1-2H3. The molecule has 0 aromatic carbocycles. The molecule has 7 heteroatoms. The Morgan fingerprint density at radius 1 is 1.40 bits per heavy atom. The molecule has 1 aromatic rings. The third kappa shape index (κ3) is 2.92. The maximum absolute atomic E-state index is 12.5. The van der Waals surface area contributed by atoms with E-state index in [0.717, 1.165) is 5.56 Å². The van der Waals surface area contributed by atoms with Crippen molar-refractivity contribution in [1.82, 2.24) is 8.61 Å². The summed E-state index contributed by atoms with van der Waals surface area (Å²) in [5.41, 5.74) is 1.13. The van der Waals surface area contributed by atoms with Crippen LogP contribution in [0.3, 0.4) is 0 Å². The number of nitrogens with zero attached hydrogens (tertiary/aromatic N) is 2. The van der Waals surface area contributed by atoms with Gasteiger partial charge in [-0.15, -0.1) is 0 Å². The summed E-state index contributed by atoms with van der Waals surface area (Å²) in [6.07, 6.45) is 0. The van der Waals surface area contributed by atoms with E-state index in [2.05, 4.69) is 0 Å². The van der Waals surface area contributed by atoms with Crippen LogP contribution in [0.1, 0.15) is 25.3 Å². The Kier molecular flexibility index (Phi) is 5.19. The van der Waals surface area contributed by atoms with Crippen LogP contribution in [0.25, 0.3) is 0 Å². The van der Waals surface area contributed by atoms with Gasteiger partial charge in [0.05, 0.1) is 0 Å². The van der Waals surface area contributed by atoms with Gasteiger partial charge in [-0.1, -0.05) is 13.8 Å². The molecule has 0 aliphatic carbocycles. The van der Waals surface area contributed by atoms with Crippen LogP contribution >= 0.6 is 11.3 Å². The van der Waals surface area contributed by atoms with E-state index in [1.165, 1.54) is 8.61 Å². The zero-order valence-corrected chi connectivity index (χ0v) is 13.5. The SMILES string of the molecule is CCN(CC)S(=O)(=O)N1CC(CO)C(c2ccsc2)C1. The smallest absolute Gasteiger partial charge is 0.281 e. The van der Waals surface area contributed by atoms with Gasteiger partial charge in [0, 0.05) is 44.6 Å². The van der Waals surface area contributed by atoms with Crippen LogP contribution in [0, 0.1) is 5.92 Å². The normalized spacial score (nSPS) is 24.6. The van der Waals surface area contributed by atoms with Crippen LogP contribution in [0.5, 0.6) is 0 Å². The van der Waals surface area contributed by atoms with Crippen LogP contribution in [-0.2, 0) is 10.2 Å². The van der Waals surface area contributed by atoms with E-state index in [4.69, 9.17) is 0 Å². The lowest BCUT2D eigenvalue weighted by atomic mass is 9.92. The Morgan fingerprint density at radius 3 is 2.60 bits per heavy atom. The lowest BCUT2D eigenvalue weighted by Crippen LogP contribution is -2.42. The van der Waals surface area contributed by atoms with Gasteiger partial charge in [0.25, 0.3) is 10.2 Å². The summed E-state index contributed by atoms with van der Waals surface area (Å²) >= 11 is 1.60. The number of hydrogen-bond acceptors (Lipinski definition) is 4. The van der Waals surface area contributed by atoms with E-state index in [0.29, 0.717) is 26.2 Å². The number of aliphatic hydroxyl groups excluding tert-OH is 1. The molecule has 0 saturated carbocycles. The molecule has 0 amide bonds. The minimum absolute atomic E-state index is 0.0186. The molecule has 1 aliphatic rings. The van der Waals surface area contributed by atoms with E-state index in [9.17, 15) is 13.5 Å². The van der Waals surface area contributed by atoms with Crippen LogP contribution in [-0.4, -0.2) is 54.9 Å². The average molecular weight is 318 g/mol. The van der Waals surface area contributed by atoms with Gasteiger partial charge >= 0.3 is 0 Å². The van der Waals surface area contributed by atoms with Crippen LogP contribution in [0.2, 0.25) is 0 Å². The highest BCUT2D eigenvalue weighted by molar-refractivity contribution is 7.86. The molecule has 114 valence electrons. The van der Waals surface area contributed by atoms with Crippen molar-refractivity contribution in [2.75, 3.05) is 32.8 Å². The van der Waals surface area contributed by atoms with Crippen molar-refractivity contribution in [3.05, 3.63) is 22.4 Å². The van der Waals surface area contributed by atoms with Gasteiger partial charge in [-0.3, -0.25) is 0 Å². The lowest BCUT2D eigenvalue weighted by Gasteiger charge is -2.25. The van der Waals surface area contributed by atoms with Gasteiger partial charge < -0.3 is 5.11 Å². The second kappa shape index (κ2) is 6.53. The lowest BCUT2D eigenvalue weighted by molar-refractivity contribution is 0.222. The number of thiophene rings is 1. The first-order valence-electron chi connectivity index (χ1n) is 6.92. The fourth-order valence-electron chi connectivity index (χ4n) is 2.78. The number of rotatable bonds is 6. The molecule has 0 radical (unpaired) electrons. The minimum atomic E-state index is -3.41. The van der Waals surface area contributed by atoms with Gasteiger partial charge in [0.2, 0.25) is 0 Å². The molecule has 1 saturated heterocycles. The molecule has 5 nitrogen and oxygen atoms in total. The maximum Gasteiger partial charge on any atom is 0.281 e. The van der Waals surface area contributed by atoms with Crippen molar-refractivity contribution in [3.63, 3.8) is 0 Å². The van der Waals surface area contributed by atoms with Gasteiger partial charge in [-0.25, -0.2) is 0 Å². The fraction of sp³-hybridized carbons (Fsp3) is 0.692. The van der Waals surface area contributed by atoms with Gasteiger partial charge in [-0.05, 0) is 22.4 Å². The highest BCUT2D eigenvalue weighted by Crippen LogP contribution is 2.35. The van der Waals surface area contributed by atoms with Crippen LogP contribution in [0.4, 0.5) is 0 Å². The molecule has 20 heavy (non-hydrogen) atoms. The molecule has 1 N–H and O–H groups in total. The first kappa shape index (κ1) is 15.9. The first-order valence-corrected chi connectivity index (χ1v) is 9.26. The summed E-state index contributed by atoms with van der Waals surface area (Å²) in [7, 11) is -3.41. The second-order valence-electron chi connectivity index (χ2n) is 5.01. The van der Waals surface area contributed by atoms with E-state index < -0.39 is 10.2 Å². The van der Waals surface area contributed by atoms with Crippen molar-refractivity contribution < 1.29 is 13.5 Å². The van der Waals surface area contributed by atoms with E-state index in [1.807, 2.05) is 30.7 Å². The van der Waals surface area contributed by atoms with Gasteiger partial charge in [0.1, 0.15) is 0 Å². The Hall–Kier alpha value is -0.470. The summed E-state index contributed by atoms with van der Waals surface area (Å²) in [4.78, 5) is 0. The molecular weight excluding hydrogens is 296 g/mol. The third-order valence-electron chi connectivity index (χ3n) is 3.97. The summed E-state index contributed by atoms with van der Waals surface area (Å²) in [6, 6.07) is 2.02. The molecule has 2 unspecified atom stereocenters.